The van der Waals surface area contributed by atoms with Crippen molar-refractivity contribution in [1.82, 2.24) is 14.7 Å². The number of carbonyl (C=O) groups excluding carboxylic acids is 1. The second-order valence-electron chi connectivity index (χ2n) is 8.29. The maximum absolute atomic E-state index is 12.4. The number of halogens is 1. The number of benzene rings is 3. The molecule has 4 aromatic rings. The molecule has 0 bridgehead atoms. The SMILES string of the molecule is O=C(CN1CCOCC1)Nc1cc(O)c(Cn2nc(-c3ccc4ccccc4c3)oc2=O)cc1Cl. The number of anilines is 1. The number of morpholine rings is 1. The Morgan fingerprint density at radius 2 is 1.86 bits per heavy atom. The largest absolute Gasteiger partial charge is 0.508 e. The second-order valence-corrected chi connectivity index (χ2v) is 8.70. The number of phenols is 1. The zero-order valence-corrected chi connectivity index (χ0v) is 19.5. The summed E-state index contributed by atoms with van der Waals surface area (Å²) in [6.07, 6.45) is 0. The Kier molecular flexibility index (Phi) is 6.54. The number of nitrogens with one attached hydrogen (secondary N) is 1. The van der Waals surface area contributed by atoms with Gasteiger partial charge in [-0.25, -0.2) is 4.79 Å². The van der Waals surface area contributed by atoms with E-state index in [0.29, 0.717) is 37.4 Å². The molecule has 1 fully saturated rings. The van der Waals surface area contributed by atoms with E-state index in [1.807, 2.05) is 47.4 Å². The van der Waals surface area contributed by atoms with Crippen LogP contribution >= 0.6 is 11.6 Å². The Morgan fingerprint density at radius 3 is 2.66 bits per heavy atom. The van der Waals surface area contributed by atoms with E-state index in [2.05, 4.69) is 10.4 Å². The highest BCUT2D eigenvalue weighted by molar-refractivity contribution is 6.33. The van der Waals surface area contributed by atoms with E-state index in [1.165, 1.54) is 12.1 Å². The molecule has 1 aromatic heterocycles. The molecule has 0 unspecified atom stereocenters. The average Bonchev–Trinajstić information content (AvgIpc) is 3.22. The van der Waals surface area contributed by atoms with Gasteiger partial charge in [0.15, 0.2) is 0 Å². The molecule has 35 heavy (non-hydrogen) atoms. The Balaban J connectivity index is 1.32. The highest BCUT2D eigenvalue weighted by atomic mass is 35.5. The highest BCUT2D eigenvalue weighted by Gasteiger charge is 2.18. The first kappa shape index (κ1) is 23.1. The number of carbonyl (C=O) groups is 1. The fourth-order valence-electron chi connectivity index (χ4n) is 3.98. The predicted molar refractivity (Wildman–Crippen MR) is 132 cm³/mol. The lowest BCUT2D eigenvalue weighted by Crippen LogP contribution is -2.41. The molecule has 0 aliphatic carbocycles. The smallest absolute Gasteiger partial charge is 0.437 e. The fraction of sp³-hybridized carbons (Fsp3) is 0.240. The first-order chi connectivity index (χ1) is 17.0. The maximum atomic E-state index is 12.4. The molecule has 3 aromatic carbocycles. The molecular formula is C25H23ClN4O5. The number of aromatic nitrogens is 2. The van der Waals surface area contributed by atoms with Crippen molar-refractivity contribution in [2.24, 2.45) is 0 Å². The van der Waals surface area contributed by atoms with Gasteiger partial charge in [-0.3, -0.25) is 9.69 Å². The number of rotatable bonds is 6. The van der Waals surface area contributed by atoms with Crippen molar-refractivity contribution in [3.05, 3.63) is 75.7 Å². The topological polar surface area (TPSA) is 110 Å². The van der Waals surface area contributed by atoms with Crippen LogP contribution in [0, 0.1) is 0 Å². The van der Waals surface area contributed by atoms with E-state index in [4.69, 9.17) is 20.8 Å². The number of hydrogen-bond donors (Lipinski definition) is 2. The number of ether oxygens (including phenoxy) is 1. The monoisotopic (exact) mass is 494 g/mol. The molecule has 0 spiro atoms. The zero-order chi connectivity index (χ0) is 24.4. The number of nitrogens with zero attached hydrogens (tertiary/aromatic N) is 3. The van der Waals surface area contributed by atoms with Crippen LogP contribution in [0.1, 0.15) is 5.56 Å². The Hall–Kier alpha value is -3.66. The minimum Gasteiger partial charge on any atom is -0.508 e. The average molecular weight is 495 g/mol. The molecule has 0 radical (unpaired) electrons. The summed E-state index contributed by atoms with van der Waals surface area (Å²) in [4.78, 5) is 26.8. The number of phenolic OH excluding ortho intramolecular Hbond substituents is 1. The van der Waals surface area contributed by atoms with Crippen LogP contribution < -0.4 is 11.1 Å². The van der Waals surface area contributed by atoms with Crippen LogP contribution in [0.2, 0.25) is 5.02 Å². The number of aromatic hydroxyl groups is 1. The van der Waals surface area contributed by atoms with Crippen LogP contribution in [0.4, 0.5) is 5.69 Å². The van der Waals surface area contributed by atoms with E-state index in [0.717, 1.165) is 15.5 Å². The molecule has 180 valence electrons. The van der Waals surface area contributed by atoms with Gasteiger partial charge >= 0.3 is 5.76 Å². The highest BCUT2D eigenvalue weighted by Crippen LogP contribution is 2.31. The minimum absolute atomic E-state index is 0.0521. The third-order valence-corrected chi connectivity index (χ3v) is 6.15. The van der Waals surface area contributed by atoms with Gasteiger partial charge in [0, 0.05) is 30.3 Å². The molecule has 1 aliphatic heterocycles. The number of hydrogen-bond acceptors (Lipinski definition) is 7. The normalized spacial score (nSPS) is 14.3. The van der Waals surface area contributed by atoms with Crippen LogP contribution in [0.15, 0.2) is 63.8 Å². The van der Waals surface area contributed by atoms with Crippen molar-refractivity contribution >= 4 is 34.0 Å². The fourth-order valence-corrected chi connectivity index (χ4v) is 4.22. The van der Waals surface area contributed by atoms with E-state index in [-0.39, 0.29) is 41.3 Å². The van der Waals surface area contributed by atoms with Crippen LogP contribution in [0.5, 0.6) is 5.75 Å². The van der Waals surface area contributed by atoms with Gasteiger partial charge in [0.2, 0.25) is 11.8 Å². The van der Waals surface area contributed by atoms with E-state index >= 15 is 0 Å². The summed E-state index contributed by atoms with van der Waals surface area (Å²) >= 11 is 6.36. The van der Waals surface area contributed by atoms with Crippen LogP contribution in [0.25, 0.3) is 22.2 Å². The van der Waals surface area contributed by atoms with Gasteiger partial charge in [0.25, 0.3) is 0 Å². The summed E-state index contributed by atoms with van der Waals surface area (Å²) in [7, 11) is 0. The van der Waals surface area contributed by atoms with Gasteiger partial charge in [0.1, 0.15) is 5.75 Å². The van der Waals surface area contributed by atoms with Gasteiger partial charge in [-0.15, -0.1) is 5.10 Å². The second kappa shape index (κ2) is 9.91. The van der Waals surface area contributed by atoms with Gasteiger partial charge in [0.05, 0.1) is 37.0 Å². The number of amides is 1. The molecule has 1 saturated heterocycles. The van der Waals surface area contributed by atoms with Crippen molar-refractivity contribution in [3.63, 3.8) is 0 Å². The van der Waals surface area contributed by atoms with E-state index in [1.54, 1.807) is 0 Å². The third-order valence-electron chi connectivity index (χ3n) is 5.84. The first-order valence-electron chi connectivity index (χ1n) is 11.1. The Labute approximate surface area is 205 Å². The van der Waals surface area contributed by atoms with Gasteiger partial charge in [-0.1, -0.05) is 41.9 Å². The maximum Gasteiger partial charge on any atom is 0.437 e. The van der Waals surface area contributed by atoms with Crippen molar-refractivity contribution in [2.45, 2.75) is 6.54 Å². The van der Waals surface area contributed by atoms with E-state index in [9.17, 15) is 14.7 Å². The molecule has 2 N–H and O–H groups in total. The van der Waals surface area contributed by atoms with Crippen molar-refractivity contribution < 1.29 is 19.1 Å². The molecule has 1 aliphatic rings. The summed E-state index contributed by atoms with van der Waals surface area (Å²) in [5.41, 5.74) is 1.32. The summed E-state index contributed by atoms with van der Waals surface area (Å²) in [5.74, 6) is -0.850. The molecule has 1 amide bonds. The van der Waals surface area contributed by atoms with Crippen LogP contribution in [0.3, 0.4) is 0 Å². The van der Waals surface area contributed by atoms with Crippen LogP contribution in [-0.4, -0.2) is 58.5 Å². The lowest BCUT2D eigenvalue weighted by molar-refractivity contribution is -0.118. The van der Waals surface area contributed by atoms with Gasteiger partial charge in [-0.2, -0.15) is 4.68 Å². The lowest BCUT2D eigenvalue weighted by atomic mass is 10.1. The quantitative estimate of drug-likeness (QED) is 0.423. The van der Waals surface area contributed by atoms with Gasteiger partial charge < -0.3 is 19.6 Å². The molecule has 10 heteroatoms. The molecular weight excluding hydrogens is 472 g/mol. The number of fused-ring (bicyclic) bond motifs is 1. The molecule has 9 nitrogen and oxygen atoms in total. The summed E-state index contributed by atoms with van der Waals surface area (Å²) in [5, 5.41) is 19.8. The standard InChI is InChI=1S/C25H23ClN4O5/c26-20-12-19(22(31)13-21(20)27-23(32)15-29-7-9-34-10-8-29)14-30-25(33)35-24(28-30)18-6-5-16-3-1-2-4-17(16)11-18/h1-6,11-13,31H,7-10,14-15H2,(H,27,32). The van der Waals surface area contributed by atoms with E-state index < -0.39 is 5.76 Å². The Bertz CT molecular complexity index is 1440. The molecule has 0 saturated carbocycles. The van der Waals surface area contributed by atoms with Crippen LogP contribution in [-0.2, 0) is 16.1 Å². The summed E-state index contributed by atoms with van der Waals surface area (Å²) < 4.78 is 11.8. The summed E-state index contributed by atoms with van der Waals surface area (Å²) in [6.45, 7) is 2.69. The zero-order valence-electron chi connectivity index (χ0n) is 18.7. The first-order valence-corrected chi connectivity index (χ1v) is 11.5. The molecule has 5 rings (SSSR count). The molecule has 0 atom stereocenters. The predicted octanol–water partition coefficient (Wildman–Crippen LogP) is 3.33. The van der Waals surface area contributed by atoms with Gasteiger partial charge in [-0.05, 0) is 29.0 Å². The summed E-state index contributed by atoms with van der Waals surface area (Å²) in [6, 6.07) is 16.4. The minimum atomic E-state index is -0.661. The molecule has 2 heterocycles. The Morgan fingerprint density at radius 1 is 1.09 bits per heavy atom. The third kappa shape index (κ3) is 5.22. The van der Waals surface area contributed by atoms with Crippen molar-refractivity contribution in [1.29, 1.82) is 0 Å². The lowest BCUT2D eigenvalue weighted by Gasteiger charge is -2.25. The van der Waals surface area contributed by atoms with Crippen molar-refractivity contribution in [3.8, 4) is 17.2 Å². The van der Waals surface area contributed by atoms with Crippen molar-refractivity contribution in [2.75, 3.05) is 38.2 Å².